The van der Waals surface area contributed by atoms with Gasteiger partial charge >= 0.3 is 0 Å². The van der Waals surface area contributed by atoms with E-state index in [0.717, 1.165) is 28.4 Å². The predicted octanol–water partition coefficient (Wildman–Crippen LogP) is 3.24. The molecule has 2 aromatic carbocycles. The maximum absolute atomic E-state index is 11.7. The normalized spacial score (nSPS) is 9.95. The summed E-state index contributed by atoms with van der Waals surface area (Å²) in [5, 5.41) is 28.1. The average molecular weight is 367 g/mol. The summed E-state index contributed by atoms with van der Waals surface area (Å²) in [5.41, 5.74) is 0.596. The molecule has 0 heterocycles. The average Bonchev–Trinajstić information content (AvgIpc) is 2.41. The molecule has 0 aliphatic heterocycles. The van der Waals surface area contributed by atoms with E-state index in [9.17, 15) is 15.2 Å². The fourth-order valence-electron chi connectivity index (χ4n) is 1.58. The van der Waals surface area contributed by atoms with Crippen molar-refractivity contribution in [2.24, 2.45) is 0 Å². The summed E-state index contributed by atoms with van der Waals surface area (Å²) in [6, 6.07) is 10.7. The first-order chi connectivity index (χ1) is 9.95. The number of non-ortho nitro benzene ring substituents is 1. The molecule has 2 aromatic rings. The van der Waals surface area contributed by atoms with E-state index in [1.807, 2.05) is 12.1 Å². The first-order valence-electron chi connectivity index (χ1n) is 5.75. The zero-order valence-electron chi connectivity index (χ0n) is 10.5. The highest BCUT2D eigenvalue weighted by molar-refractivity contribution is 9.10. The minimum absolute atomic E-state index is 0.0525. The van der Waals surface area contributed by atoms with Crippen molar-refractivity contribution < 1.29 is 10.0 Å². The first-order valence-corrected chi connectivity index (χ1v) is 6.95. The fraction of sp³-hybridized carbons (Fsp3) is 0. The Balaban J connectivity index is 2.12. The number of nitrogens with one attached hydrogen (secondary N) is 2. The van der Waals surface area contributed by atoms with Crippen molar-refractivity contribution in [1.82, 2.24) is 0 Å². The number of anilines is 2. The molecule has 0 fully saturated rings. The molecule has 21 heavy (non-hydrogen) atoms. The van der Waals surface area contributed by atoms with Crippen LogP contribution < -0.4 is 15.7 Å². The van der Waals surface area contributed by atoms with Gasteiger partial charge < -0.3 is 15.7 Å². The van der Waals surface area contributed by atoms with Crippen molar-refractivity contribution in [3.63, 3.8) is 0 Å². The molecule has 108 valence electrons. The van der Waals surface area contributed by atoms with Crippen LogP contribution >= 0.6 is 28.1 Å². The summed E-state index contributed by atoms with van der Waals surface area (Å²) in [6.07, 6.45) is 0. The Bertz CT molecular complexity index is 709. The van der Waals surface area contributed by atoms with Gasteiger partial charge in [-0.25, -0.2) is 0 Å². The third-order valence-corrected chi connectivity index (χ3v) is 3.20. The highest BCUT2D eigenvalue weighted by Gasteiger charge is 2.08. The smallest absolute Gasteiger partial charge is 0.271 e. The minimum Gasteiger partial charge on any atom is -0.871 e. The Labute approximate surface area is 134 Å². The predicted molar refractivity (Wildman–Crippen MR) is 86.5 cm³/mol. The van der Waals surface area contributed by atoms with Gasteiger partial charge in [0.2, 0.25) is 0 Å². The Morgan fingerprint density at radius 1 is 1.19 bits per heavy atom. The number of benzene rings is 2. The topological polar surface area (TPSA) is 90.3 Å². The number of nitro groups is 1. The number of rotatable bonds is 3. The van der Waals surface area contributed by atoms with E-state index < -0.39 is 4.92 Å². The maximum Gasteiger partial charge on any atom is 0.271 e. The van der Waals surface area contributed by atoms with Crippen LogP contribution in [0.25, 0.3) is 0 Å². The van der Waals surface area contributed by atoms with Crippen molar-refractivity contribution in [1.29, 1.82) is 0 Å². The molecule has 6 nitrogen and oxygen atoms in total. The monoisotopic (exact) mass is 366 g/mol. The molecule has 0 bridgehead atoms. The maximum atomic E-state index is 11.7. The molecule has 0 spiro atoms. The van der Waals surface area contributed by atoms with E-state index in [1.165, 1.54) is 0 Å². The molecule has 0 unspecified atom stereocenters. The SMILES string of the molecule is O=[N+]([O-])c1ccc([O-])c(NC(=S)Nc2cccc(Br)c2)c1. The van der Waals surface area contributed by atoms with Crippen LogP contribution in [0.1, 0.15) is 0 Å². The fourth-order valence-corrected chi connectivity index (χ4v) is 2.21. The summed E-state index contributed by atoms with van der Waals surface area (Å²) >= 11 is 8.41. The highest BCUT2D eigenvalue weighted by Crippen LogP contribution is 2.26. The third-order valence-electron chi connectivity index (χ3n) is 2.50. The van der Waals surface area contributed by atoms with E-state index >= 15 is 0 Å². The Kier molecular flexibility index (Phi) is 4.71. The van der Waals surface area contributed by atoms with Crippen molar-refractivity contribution >= 4 is 50.3 Å². The lowest BCUT2D eigenvalue weighted by Crippen LogP contribution is -2.20. The van der Waals surface area contributed by atoms with Crippen molar-refractivity contribution in [3.05, 3.63) is 57.1 Å². The van der Waals surface area contributed by atoms with Crippen LogP contribution in [-0.4, -0.2) is 10.0 Å². The Morgan fingerprint density at radius 3 is 2.62 bits per heavy atom. The standard InChI is InChI=1S/C13H10BrN3O3S/c14-8-2-1-3-9(6-8)15-13(21)16-11-7-10(17(19)20)4-5-12(11)18/h1-7,18H,(H2,15,16,21)/p-1. The second-order valence-corrected chi connectivity index (χ2v) is 5.35. The molecular formula is C13H9BrN3O3S-. The second kappa shape index (κ2) is 6.51. The zero-order valence-corrected chi connectivity index (χ0v) is 12.9. The number of halogens is 1. The quantitative estimate of drug-likeness (QED) is 0.492. The lowest BCUT2D eigenvalue weighted by Gasteiger charge is -2.16. The second-order valence-electron chi connectivity index (χ2n) is 4.03. The number of nitro benzene ring substituents is 1. The van der Waals surface area contributed by atoms with Gasteiger partial charge in [-0.1, -0.05) is 33.8 Å². The third kappa shape index (κ3) is 4.14. The Morgan fingerprint density at radius 2 is 1.95 bits per heavy atom. The molecular weight excluding hydrogens is 358 g/mol. The Hall–Kier alpha value is -2.19. The van der Waals surface area contributed by atoms with Crippen LogP contribution in [0.15, 0.2) is 46.9 Å². The van der Waals surface area contributed by atoms with Crippen LogP contribution in [0, 0.1) is 10.1 Å². The highest BCUT2D eigenvalue weighted by atomic mass is 79.9. The lowest BCUT2D eigenvalue weighted by molar-refractivity contribution is -0.385. The van der Waals surface area contributed by atoms with Crippen LogP contribution in [0.3, 0.4) is 0 Å². The van der Waals surface area contributed by atoms with E-state index in [1.54, 1.807) is 12.1 Å². The largest absolute Gasteiger partial charge is 0.871 e. The van der Waals surface area contributed by atoms with E-state index in [-0.39, 0.29) is 22.2 Å². The van der Waals surface area contributed by atoms with E-state index in [2.05, 4.69) is 26.6 Å². The van der Waals surface area contributed by atoms with E-state index in [0.29, 0.717) is 0 Å². The van der Waals surface area contributed by atoms with Gasteiger partial charge in [-0.15, -0.1) is 0 Å². The summed E-state index contributed by atoms with van der Waals surface area (Å²) in [4.78, 5) is 10.1. The van der Waals surface area contributed by atoms with Crippen LogP contribution in [0.4, 0.5) is 17.1 Å². The number of thiocarbonyl (C=S) groups is 1. The van der Waals surface area contributed by atoms with Crippen molar-refractivity contribution in [2.45, 2.75) is 0 Å². The molecule has 0 aromatic heterocycles. The van der Waals surface area contributed by atoms with Crippen molar-refractivity contribution in [2.75, 3.05) is 10.6 Å². The molecule has 0 saturated heterocycles. The number of nitrogens with zero attached hydrogens (tertiary/aromatic N) is 1. The molecule has 0 atom stereocenters. The summed E-state index contributed by atoms with van der Waals surface area (Å²) in [5.74, 6) is -0.376. The molecule has 0 aliphatic carbocycles. The molecule has 8 heteroatoms. The molecule has 0 radical (unpaired) electrons. The zero-order chi connectivity index (χ0) is 15.4. The van der Waals surface area contributed by atoms with Gasteiger partial charge in [0.25, 0.3) is 5.69 Å². The molecule has 0 amide bonds. The summed E-state index contributed by atoms with van der Waals surface area (Å²) in [6.45, 7) is 0. The first kappa shape index (κ1) is 15.2. The van der Waals surface area contributed by atoms with Gasteiger partial charge in [0.05, 0.1) is 4.92 Å². The summed E-state index contributed by atoms with van der Waals surface area (Å²) in [7, 11) is 0. The van der Waals surface area contributed by atoms with Crippen molar-refractivity contribution in [3.8, 4) is 5.75 Å². The van der Waals surface area contributed by atoms with Crippen LogP contribution in [-0.2, 0) is 0 Å². The molecule has 0 saturated carbocycles. The number of hydrogen-bond donors (Lipinski definition) is 2. The molecule has 0 aliphatic rings. The van der Waals surface area contributed by atoms with Gasteiger partial charge in [0, 0.05) is 28.0 Å². The van der Waals surface area contributed by atoms with Gasteiger partial charge in [-0.05, 0) is 30.4 Å². The minimum atomic E-state index is -0.574. The summed E-state index contributed by atoms with van der Waals surface area (Å²) < 4.78 is 0.871. The van der Waals surface area contributed by atoms with Crippen LogP contribution in [0.5, 0.6) is 5.75 Å². The van der Waals surface area contributed by atoms with E-state index in [4.69, 9.17) is 12.2 Å². The molecule has 2 rings (SSSR count). The van der Waals surface area contributed by atoms with Gasteiger partial charge in [0.1, 0.15) is 0 Å². The van der Waals surface area contributed by atoms with Gasteiger partial charge in [-0.2, -0.15) is 0 Å². The molecule has 2 N–H and O–H groups in total. The van der Waals surface area contributed by atoms with Gasteiger partial charge in [0.15, 0.2) is 5.11 Å². The van der Waals surface area contributed by atoms with Crippen LogP contribution in [0.2, 0.25) is 0 Å². The number of hydrogen-bond acceptors (Lipinski definition) is 4. The lowest BCUT2D eigenvalue weighted by atomic mass is 10.2. The van der Waals surface area contributed by atoms with Gasteiger partial charge in [-0.3, -0.25) is 10.1 Å².